The molecule has 3 rings (SSSR count). The predicted molar refractivity (Wildman–Crippen MR) is 74.1 cm³/mol. The van der Waals surface area contributed by atoms with E-state index in [-0.39, 0.29) is 0 Å². The molecule has 0 spiro atoms. The first-order valence-electron chi connectivity index (χ1n) is 6.46. The fraction of sp³-hybridized carbons (Fsp3) is 0.467. The number of para-hydroxylation sites is 1. The molecular formula is C15H20N2O. The summed E-state index contributed by atoms with van der Waals surface area (Å²) in [5.41, 5.74) is 1.57. The van der Waals surface area contributed by atoms with Crippen molar-refractivity contribution < 1.29 is 4.74 Å². The highest BCUT2D eigenvalue weighted by Gasteiger charge is 2.45. The Kier molecular flexibility index (Phi) is 2.59. The van der Waals surface area contributed by atoms with Crippen LogP contribution >= 0.6 is 0 Å². The normalized spacial score (nSPS) is 17.3. The van der Waals surface area contributed by atoms with Crippen molar-refractivity contribution in [3.8, 4) is 5.75 Å². The number of aromatic nitrogens is 1. The molecule has 3 heteroatoms. The van der Waals surface area contributed by atoms with Crippen molar-refractivity contribution in [3.63, 3.8) is 0 Å². The van der Waals surface area contributed by atoms with E-state index in [1.807, 2.05) is 12.1 Å². The number of methoxy groups -OCH3 is 1. The van der Waals surface area contributed by atoms with Crippen LogP contribution < -0.4 is 4.74 Å². The van der Waals surface area contributed by atoms with E-state index in [1.54, 1.807) is 7.11 Å². The van der Waals surface area contributed by atoms with Crippen LogP contribution in [0.1, 0.15) is 12.8 Å². The minimum Gasteiger partial charge on any atom is -0.495 e. The van der Waals surface area contributed by atoms with Gasteiger partial charge in [0.15, 0.2) is 0 Å². The van der Waals surface area contributed by atoms with Crippen LogP contribution in [0.15, 0.2) is 30.5 Å². The van der Waals surface area contributed by atoms with Gasteiger partial charge in [0, 0.05) is 23.7 Å². The molecule has 0 N–H and O–H groups in total. The fourth-order valence-electron chi connectivity index (χ4n) is 2.73. The number of rotatable bonds is 4. The van der Waals surface area contributed by atoms with Crippen molar-refractivity contribution in [2.24, 2.45) is 0 Å². The average Bonchev–Trinajstić information content (AvgIpc) is 3.04. The minimum absolute atomic E-state index is 0.354. The second kappa shape index (κ2) is 4.02. The quantitative estimate of drug-likeness (QED) is 0.823. The SMILES string of the molecule is COc1cccc2ccn(CC3(N(C)C)CC3)c12. The minimum atomic E-state index is 0.354. The van der Waals surface area contributed by atoms with Gasteiger partial charge in [0.2, 0.25) is 0 Å². The van der Waals surface area contributed by atoms with Crippen LogP contribution in [-0.2, 0) is 6.54 Å². The number of fused-ring (bicyclic) bond motifs is 1. The first kappa shape index (κ1) is 11.6. The summed E-state index contributed by atoms with van der Waals surface area (Å²) in [4.78, 5) is 2.36. The number of likely N-dealkylation sites (N-methyl/N-ethyl adjacent to an activating group) is 1. The van der Waals surface area contributed by atoms with Gasteiger partial charge in [0.25, 0.3) is 0 Å². The molecule has 1 aliphatic rings. The highest BCUT2D eigenvalue weighted by Crippen LogP contribution is 2.42. The summed E-state index contributed by atoms with van der Waals surface area (Å²) in [7, 11) is 6.09. The molecule has 1 heterocycles. The molecule has 1 aromatic heterocycles. The zero-order valence-corrected chi connectivity index (χ0v) is 11.3. The molecule has 0 aliphatic heterocycles. The van der Waals surface area contributed by atoms with Crippen molar-refractivity contribution >= 4 is 10.9 Å². The molecule has 0 bridgehead atoms. The van der Waals surface area contributed by atoms with E-state index in [4.69, 9.17) is 4.74 Å². The maximum Gasteiger partial charge on any atom is 0.143 e. The molecule has 0 radical (unpaired) electrons. The molecule has 0 amide bonds. The van der Waals surface area contributed by atoms with Gasteiger partial charge in [0.05, 0.1) is 12.6 Å². The van der Waals surface area contributed by atoms with Crippen LogP contribution in [0.2, 0.25) is 0 Å². The number of nitrogens with zero attached hydrogens (tertiary/aromatic N) is 2. The topological polar surface area (TPSA) is 17.4 Å². The summed E-state index contributed by atoms with van der Waals surface area (Å²) in [6.07, 6.45) is 4.75. The van der Waals surface area contributed by atoms with Gasteiger partial charge in [-0.15, -0.1) is 0 Å². The van der Waals surface area contributed by atoms with E-state index in [0.29, 0.717) is 5.54 Å². The maximum atomic E-state index is 5.49. The van der Waals surface area contributed by atoms with Crippen molar-refractivity contribution in [1.29, 1.82) is 0 Å². The first-order chi connectivity index (χ1) is 8.66. The van der Waals surface area contributed by atoms with Gasteiger partial charge in [-0.25, -0.2) is 0 Å². The molecular weight excluding hydrogens is 224 g/mol. The molecule has 0 saturated heterocycles. The number of ether oxygens (including phenoxy) is 1. The lowest BCUT2D eigenvalue weighted by molar-refractivity contribution is 0.243. The second-order valence-corrected chi connectivity index (χ2v) is 5.46. The Morgan fingerprint density at radius 1 is 1.28 bits per heavy atom. The van der Waals surface area contributed by atoms with Gasteiger partial charge in [-0.3, -0.25) is 0 Å². The lowest BCUT2D eigenvalue weighted by Gasteiger charge is -2.25. The third kappa shape index (κ3) is 1.70. The Hall–Kier alpha value is -1.48. The summed E-state index contributed by atoms with van der Waals surface area (Å²) in [5.74, 6) is 0.965. The third-order valence-electron chi connectivity index (χ3n) is 4.21. The Morgan fingerprint density at radius 3 is 2.67 bits per heavy atom. The van der Waals surface area contributed by atoms with Crippen LogP contribution in [0.25, 0.3) is 10.9 Å². The van der Waals surface area contributed by atoms with E-state index in [1.165, 1.54) is 23.7 Å². The Morgan fingerprint density at radius 2 is 2.06 bits per heavy atom. The molecule has 1 aromatic carbocycles. The van der Waals surface area contributed by atoms with Crippen LogP contribution in [0, 0.1) is 0 Å². The highest BCUT2D eigenvalue weighted by molar-refractivity contribution is 5.86. The monoisotopic (exact) mass is 244 g/mol. The average molecular weight is 244 g/mol. The molecule has 1 fully saturated rings. The summed E-state index contributed by atoms with van der Waals surface area (Å²) in [6, 6.07) is 8.39. The van der Waals surface area contributed by atoms with E-state index in [2.05, 4.69) is 41.9 Å². The van der Waals surface area contributed by atoms with Crippen LogP contribution in [0.4, 0.5) is 0 Å². The molecule has 1 saturated carbocycles. The highest BCUT2D eigenvalue weighted by atomic mass is 16.5. The van der Waals surface area contributed by atoms with Crippen LogP contribution in [0.3, 0.4) is 0 Å². The lowest BCUT2D eigenvalue weighted by Crippen LogP contribution is -2.34. The summed E-state index contributed by atoms with van der Waals surface area (Å²) in [5, 5.41) is 1.25. The van der Waals surface area contributed by atoms with Gasteiger partial charge in [-0.1, -0.05) is 12.1 Å². The maximum absolute atomic E-state index is 5.49. The Balaban J connectivity index is 2.02. The molecule has 0 unspecified atom stereocenters. The fourth-order valence-corrected chi connectivity index (χ4v) is 2.73. The standard InChI is InChI=1S/C15H20N2O/c1-16(2)15(8-9-15)11-17-10-7-12-5-4-6-13(18-3)14(12)17/h4-7,10H,8-9,11H2,1-3H3. The van der Waals surface area contributed by atoms with Crippen molar-refractivity contribution in [1.82, 2.24) is 9.47 Å². The van der Waals surface area contributed by atoms with Gasteiger partial charge < -0.3 is 14.2 Å². The van der Waals surface area contributed by atoms with Gasteiger partial charge >= 0.3 is 0 Å². The first-order valence-corrected chi connectivity index (χ1v) is 6.46. The van der Waals surface area contributed by atoms with Crippen LogP contribution in [-0.4, -0.2) is 36.2 Å². The molecule has 2 aromatic rings. The predicted octanol–water partition coefficient (Wildman–Crippen LogP) is 2.74. The summed E-state index contributed by atoms with van der Waals surface area (Å²) in [6.45, 7) is 1.05. The second-order valence-electron chi connectivity index (χ2n) is 5.46. The largest absolute Gasteiger partial charge is 0.495 e. The van der Waals surface area contributed by atoms with E-state index < -0.39 is 0 Å². The lowest BCUT2D eigenvalue weighted by atomic mass is 10.2. The smallest absolute Gasteiger partial charge is 0.143 e. The molecule has 18 heavy (non-hydrogen) atoms. The van der Waals surface area contributed by atoms with Crippen LogP contribution in [0.5, 0.6) is 5.75 Å². The Bertz CT molecular complexity index is 567. The number of benzene rings is 1. The van der Waals surface area contributed by atoms with Crippen molar-refractivity contribution in [2.45, 2.75) is 24.9 Å². The molecule has 1 aliphatic carbocycles. The van der Waals surface area contributed by atoms with E-state index >= 15 is 0 Å². The van der Waals surface area contributed by atoms with Crippen molar-refractivity contribution in [3.05, 3.63) is 30.5 Å². The molecule has 3 nitrogen and oxygen atoms in total. The van der Waals surface area contributed by atoms with Gasteiger partial charge in [0.1, 0.15) is 5.75 Å². The van der Waals surface area contributed by atoms with Gasteiger partial charge in [-0.05, 0) is 39.1 Å². The summed E-state index contributed by atoms with van der Waals surface area (Å²) < 4.78 is 7.82. The molecule has 96 valence electrons. The molecule has 0 atom stereocenters. The zero-order valence-electron chi connectivity index (χ0n) is 11.3. The van der Waals surface area contributed by atoms with E-state index in [0.717, 1.165) is 12.3 Å². The van der Waals surface area contributed by atoms with Gasteiger partial charge in [-0.2, -0.15) is 0 Å². The Labute approximate surface area is 108 Å². The number of hydrogen-bond acceptors (Lipinski definition) is 2. The van der Waals surface area contributed by atoms with E-state index in [9.17, 15) is 0 Å². The van der Waals surface area contributed by atoms with Crippen molar-refractivity contribution in [2.75, 3.05) is 21.2 Å². The number of hydrogen-bond donors (Lipinski definition) is 0. The third-order valence-corrected chi connectivity index (χ3v) is 4.21. The zero-order chi connectivity index (χ0) is 12.8. The summed E-state index contributed by atoms with van der Waals surface area (Å²) >= 11 is 0.